The molecule has 1 aliphatic heterocycles. The number of hydrogen-bond donors (Lipinski definition) is 0. The molecule has 40 heavy (non-hydrogen) atoms. The standard InChI is InChI=1S/C37H41N2.Ir/c1-22(2)27-15-11-16-28(23(3)4)34(27)38-21-39(35-29(24(5)6)17-12-18-30(35)25(7)8)37-32-20-10-14-26-13-9-19-31(33(26)32)36(37)38;/h9-25H,1-8H3;/q-1;. The molecular weight excluding hydrogens is 665 g/mol. The van der Waals surface area contributed by atoms with Gasteiger partial charge in [-0.2, -0.15) is 0 Å². The molecule has 0 fully saturated rings. The van der Waals surface area contributed by atoms with E-state index in [2.05, 4.69) is 145 Å². The predicted octanol–water partition coefficient (Wildman–Crippen LogP) is 10.6. The first-order valence-electron chi connectivity index (χ1n) is 14.7. The second-order valence-corrected chi connectivity index (χ2v) is 12.5. The van der Waals surface area contributed by atoms with Gasteiger partial charge in [-0.15, -0.1) is 6.67 Å². The molecule has 3 heteroatoms. The van der Waals surface area contributed by atoms with Crippen molar-refractivity contribution >= 4 is 33.5 Å². The van der Waals surface area contributed by atoms with Crippen molar-refractivity contribution < 1.29 is 20.1 Å². The fourth-order valence-corrected chi connectivity index (χ4v) is 6.63. The Morgan fingerprint density at radius 3 is 1.12 bits per heavy atom. The van der Waals surface area contributed by atoms with Crippen molar-refractivity contribution in [1.82, 2.24) is 0 Å². The van der Waals surface area contributed by atoms with Crippen LogP contribution in [0.25, 0.3) is 22.2 Å². The summed E-state index contributed by atoms with van der Waals surface area (Å²) in [6.45, 7) is 21.0. The molecule has 2 aliphatic rings. The molecule has 0 saturated heterocycles. The first-order chi connectivity index (χ1) is 18.7. The summed E-state index contributed by atoms with van der Waals surface area (Å²) < 4.78 is 0. The van der Waals surface area contributed by atoms with E-state index in [1.165, 1.54) is 66.9 Å². The van der Waals surface area contributed by atoms with E-state index in [-0.39, 0.29) is 20.1 Å². The van der Waals surface area contributed by atoms with Gasteiger partial charge < -0.3 is 9.80 Å². The summed E-state index contributed by atoms with van der Waals surface area (Å²) in [6.07, 6.45) is 0. The number of benzene rings is 4. The van der Waals surface area contributed by atoms with Gasteiger partial charge in [0.05, 0.1) is 0 Å². The van der Waals surface area contributed by atoms with E-state index in [0.717, 1.165) is 0 Å². The molecule has 4 aromatic carbocycles. The Bertz CT molecular complexity index is 1440. The van der Waals surface area contributed by atoms with Crippen LogP contribution in [0.5, 0.6) is 0 Å². The maximum absolute atomic E-state index is 2.54. The van der Waals surface area contributed by atoms with Gasteiger partial charge in [-0.25, -0.2) is 0 Å². The molecule has 0 atom stereocenters. The van der Waals surface area contributed by atoms with Crippen LogP contribution in [0.3, 0.4) is 0 Å². The maximum Gasteiger partial charge on any atom is 0.0431 e. The molecule has 0 saturated carbocycles. The quantitative estimate of drug-likeness (QED) is 0.184. The average Bonchev–Trinajstić information content (AvgIpc) is 3.45. The van der Waals surface area contributed by atoms with E-state index < -0.39 is 0 Å². The van der Waals surface area contributed by atoms with Gasteiger partial charge in [0.1, 0.15) is 0 Å². The minimum Gasteiger partial charge on any atom is -0.472 e. The van der Waals surface area contributed by atoms with Gasteiger partial charge in [0.2, 0.25) is 0 Å². The van der Waals surface area contributed by atoms with Crippen LogP contribution >= 0.6 is 0 Å². The second-order valence-electron chi connectivity index (χ2n) is 12.5. The number of fused-ring (bicyclic) bond motifs is 2. The van der Waals surface area contributed by atoms with Crippen molar-refractivity contribution in [2.24, 2.45) is 0 Å². The maximum atomic E-state index is 2.54. The molecule has 1 radical (unpaired) electrons. The van der Waals surface area contributed by atoms with Gasteiger partial charge >= 0.3 is 0 Å². The van der Waals surface area contributed by atoms with Crippen LogP contribution in [0.15, 0.2) is 72.8 Å². The SMILES string of the molecule is CC(C)c1cccc(C(C)C)c1N1[CH-]N(c2c(C(C)C)cccc2C(C)C)C2=C1c1cccc3cccc2c13.[Ir]. The van der Waals surface area contributed by atoms with E-state index >= 15 is 0 Å². The van der Waals surface area contributed by atoms with E-state index in [0.29, 0.717) is 23.7 Å². The van der Waals surface area contributed by atoms with Crippen LogP contribution in [-0.4, -0.2) is 0 Å². The van der Waals surface area contributed by atoms with E-state index in [1.807, 2.05) is 0 Å². The van der Waals surface area contributed by atoms with Crippen LogP contribution < -0.4 is 9.80 Å². The molecule has 0 spiro atoms. The Kier molecular flexibility index (Phi) is 7.77. The molecular formula is C37H41IrN2-. The second kappa shape index (κ2) is 10.8. The smallest absolute Gasteiger partial charge is 0.0431 e. The predicted molar refractivity (Wildman–Crippen MR) is 169 cm³/mol. The monoisotopic (exact) mass is 706 g/mol. The van der Waals surface area contributed by atoms with Gasteiger partial charge in [0.25, 0.3) is 0 Å². The summed E-state index contributed by atoms with van der Waals surface area (Å²) >= 11 is 0. The van der Waals surface area contributed by atoms with Crippen LogP contribution in [0.4, 0.5) is 11.4 Å². The fraction of sp³-hybridized carbons (Fsp3) is 0.324. The third kappa shape index (κ3) is 4.34. The molecule has 0 aromatic heterocycles. The molecule has 0 N–H and O–H groups in total. The van der Waals surface area contributed by atoms with E-state index in [4.69, 9.17) is 0 Å². The molecule has 0 amide bonds. The minimum atomic E-state index is 0. The van der Waals surface area contributed by atoms with Crippen molar-refractivity contribution in [3.05, 3.63) is 113 Å². The molecule has 0 bridgehead atoms. The molecule has 0 unspecified atom stereocenters. The van der Waals surface area contributed by atoms with Gasteiger partial charge in [0.15, 0.2) is 0 Å². The fourth-order valence-electron chi connectivity index (χ4n) is 6.63. The molecule has 4 aromatic rings. The Balaban J connectivity index is 0.00000323. The third-order valence-corrected chi connectivity index (χ3v) is 8.52. The van der Waals surface area contributed by atoms with Crippen molar-refractivity contribution in [2.45, 2.75) is 79.1 Å². The average molecular weight is 706 g/mol. The summed E-state index contributed by atoms with van der Waals surface area (Å²) in [5, 5.41) is 2.68. The molecule has 2 nitrogen and oxygen atoms in total. The Morgan fingerprint density at radius 2 is 0.800 bits per heavy atom. The summed E-state index contributed by atoms with van der Waals surface area (Å²) in [5.74, 6) is 1.66. The van der Waals surface area contributed by atoms with E-state index in [1.54, 1.807) is 0 Å². The summed E-state index contributed by atoms with van der Waals surface area (Å²) in [5.41, 5.74) is 13.6. The summed E-state index contributed by atoms with van der Waals surface area (Å²) in [6, 6.07) is 27.4. The summed E-state index contributed by atoms with van der Waals surface area (Å²) in [4.78, 5) is 5.08. The molecule has 1 aliphatic carbocycles. The molecule has 6 rings (SSSR count). The summed E-state index contributed by atoms with van der Waals surface area (Å²) in [7, 11) is 0. The van der Waals surface area contributed by atoms with Gasteiger partial charge in [0, 0.05) is 59.4 Å². The minimum absolute atomic E-state index is 0. The number of nitrogens with zero attached hydrogens (tertiary/aromatic N) is 2. The van der Waals surface area contributed by atoms with Gasteiger partial charge in [-0.05, 0) is 51.3 Å². The zero-order valence-corrected chi connectivity index (χ0v) is 27.4. The van der Waals surface area contributed by atoms with Crippen LogP contribution in [0.2, 0.25) is 0 Å². The Hall–Kier alpha value is -2.87. The normalized spacial score (nSPS) is 14.4. The third-order valence-electron chi connectivity index (χ3n) is 8.52. The first-order valence-corrected chi connectivity index (χ1v) is 14.7. The number of rotatable bonds is 6. The Morgan fingerprint density at radius 1 is 0.475 bits per heavy atom. The topological polar surface area (TPSA) is 6.48 Å². The van der Waals surface area contributed by atoms with Crippen LogP contribution in [0.1, 0.15) is 112 Å². The molecule has 209 valence electrons. The van der Waals surface area contributed by atoms with Crippen molar-refractivity contribution in [1.29, 1.82) is 0 Å². The van der Waals surface area contributed by atoms with E-state index in [9.17, 15) is 0 Å². The number of para-hydroxylation sites is 2. The largest absolute Gasteiger partial charge is 0.472 e. The van der Waals surface area contributed by atoms with Crippen molar-refractivity contribution in [2.75, 3.05) is 9.80 Å². The van der Waals surface area contributed by atoms with Crippen molar-refractivity contribution in [3.63, 3.8) is 0 Å². The van der Waals surface area contributed by atoms with Gasteiger partial charge in [-0.1, -0.05) is 128 Å². The first kappa shape index (κ1) is 28.7. The zero-order chi connectivity index (χ0) is 27.6. The Labute approximate surface area is 254 Å². The number of hydrogen-bond acceptors (Lipinski definition) is 2. The zero-order valence-electron chi connectivity index (χ0n) is 25.0. The van der Waals surface area contributed by atoms with Crippen LogP contribution in [-0.2, 0) is 20.1 Å². The molecule has 1 heterocycles. The van der Waals surface area contributed by atoms with Crippen LogP contribution in [0, 0.1) is 6.67 Å². The van der Waals surface area contributed by atoms with Crippen molar-refractivity contribution in [3.8, 4) is 0 Å². The van der Waals surface area contributed by atoms with Gasteiger partial charge in [-0.3, -0.25) is 0 Å². The number of anilines is 2.